The summed E-state index contributed by atoms with van der Waals surface area (Å²) in [7, 11) is -2.63. The van der Waals surface area contributed by atoms with Crippen molar-refractivity contribution >= 4 is 26.9 Å². The first-order valence-electron chi connectivity index (χ1n) is 13.5. The Morgan fingerprint density at radius 1 is 1.02 bits per heavy atom. The van der Waals surface area contributed by atoms with Crippen LogP contribution >= 0.6 is 0 Å². The molecule has 5 rings (SSSR count). The van der Waals surface area contributed by atoms with Gasteiger partial charge in [0.15, 0.2) is 5.43 Å². The Hall–Kier alpha value is -4.06. The van der Waals surface area contributed by atoms with Crippen molar-refractivity contribution < 1.29 is 31.5 Å². The number of para-hydroxylation sites is 1. The second kappa shape index (κ2) is 12.8. The van der Waals surface area contributed by atoms with Crippen molar-refractivity contribution in [3.63, 3.8) is 0 Å². The van der Waals surface area contributed by atoms with Crippen LogP contribution in [0.5, 0.6) is 5.75 Å². The zero-order valence-electron chi connectivity index (χ0n) is 23.1. The average molecular weight is 595 g/mol. The minimum atomic E-state index is -4.11. The van der Waals surface area contributed by atoms with Crippen LogP contribution in [0.1, 0.15) is 24.0 Å². The van der Waals surface area contributed by atoms with Crippen LogP contribution in [0, 0.1) is 5.82 Å². The van der Waals surface area contributed by atoms with Gasteiger partial charge >= 0.3 is 0 Å². The summed E-state index contributed by atoms with van der Waals surface area (Å²) in [6, 6.07) is 18.4. The van der Waals surface area contributed by atoms with Gasteiger partial charge in [0, 0.05) is 19.7 Å². The second-order valence-corrected chi connectivity index (χ2v) is 12.0. The Labute approximate surface area is 243 Å². The smallest absolute Gasteiger partial charge is 0.243 e. The summed E-state index contributed by atoms with van der Waals surface area (Å²) in [4.78, 5) is 28.5. The summed E-state index contributed by atoms with van der Waals surface area (Å²) < 4.78 is 58.8. The number of methoxy groups -OCH3 is 1. The van der Waals surface area contributed by atoms with E-state index in [4.69, 9.17) is 13.9 Å². The van der Waals surface area contributed by atoms with Gasteiger partial charge in [-0.25, -0.2) is 12.8 Å². The number of nitrogens with zero attached hydrogens (tertiary/aromatic N) is 2. The highest BCUT2D eigenvalue weighted by atomic mass is 32.2. The van der Waals surface area contributed by atoms with E-state index in [1.54, 1.807) is 36.4 Å². The summed E-state index contributed by atoms with van der Waals surface area (Å²) in [5.41, 5.74) is 0.957. The maximum atomic E-state index is 13.9. The fourth-order valence-electron chi connectivity index (χ4n) is 4.89. The average Bonchev–Trinajstić information content (AvgIpc) is 3.52. The molecule has 1 amide bonds. The van der Waals surface area contributed by atoms with Crippen molar-refractivity contribution in [2.75, 3.05) is 26.8 Å². The van der Waals surface area contributed by atoms with Crippen molar-refractivity contribution in [2.45, 2.75) is 36.9 Å². The Balaban J connectivity index is 1.47. The van der Waals surface area contributed by atoms with Crippen LogP contribution in [0.2, 0.25) is 0 Å². The van der Waals surface area contributed by atoms with E-state index in [0.29, 0.717) is 35.3 Å². The molecule has 0 bridgehead atoms. The first kappa shape index (κ1) is 29.4. The second-order valence-electron chi connectivity index (χ2n) is 10.1. The molecule has 42 heavy (non-hydrogen) atoms. The molecular formula is C31H31FN2O7S. The first-order chi connectivity index (χ1) is 20.2. The Morgan fingerprint density at radius 3 is 2.45 bits per heavy atom. The molecule has 1 saturated heterocycles. The molecule has 0 N–H and O–H groups in total. The molecular weight excluding hydrogens is 563 g/mol. The number of amides is 1. The molecule has 9 nitrogen and oxygen atoms in total. The van der Waals surface area contributed by atoms with E-state index in [1.165, 1.54) is 54.7 Å². The number of ether oxygens (including phenoxy) is 2. The van der Waals surface area contributed by atoms with Crippen molar-refractivity contribution in [1.82, 2.24) is 9.21 Å². The lowest BCUT2D eigenvalue weighted by atomic mass is 10.1. The summed E-state index contributed by atoms with van der Waals surface area (Å²) in [5.74, 6) is -0.475. The van der Waals surface area contributed by atoms with Crippen molar-refractivity contribution in [2.24, 2.45) is 0 Å². The quantitative estimate of drug-likeness (QED) is 0.254. The van der Waals surface area contributed by atoms with Gasteiger partial charge in [0.25, 0.3) is 0 Å². The van der Waals surface area contributed by atoms with Gasteiger partial charge in [-0.1, -0.05) is 24.3 Å². The van der Waals surface area contributed by atoms with E-state index < -0.39 is 28.3 Å². The predicted molar refractivity (Wildman–Crippen MR) is 154 cm³/mol. The van der Waals surface area contributed by atoms with E-state index in [1.807, 2.05) is 0 Å². The minimum absolute atomic E-state index is 0.00866. The number of halogens is 1. The highest BCUT2D eigenvalue weighted by Crippen LogP contribution is 2.23. The number of carbonyl (C=O) groups excluding carboxylic acids is 1. The van der Waals surface area contributed by atoms with Gasteiger partial charge < -0.3 is 18.8 Å². The van der Waals surface area contributed by atoms with Crippen LogP contribution in [-0.4, -0.2) is 56.4 Å². The molecule has 4 aromatic rings. The van der Waals surface area contributed by atoms with Gasteiger partial charge in [-0.05, 0) is 66.9 Å². The number of rotatable bonds is 11. The maximum Gasteiger partial charge on any atom is 0.243 e. The normalized spacial score (nSPS) is 15.3. The van der Waals surface area contributed by atoms with Crippen LogP contribution in [0.4, 0.5) is 4.39 Å². The molecule has 1 aromatic heterocycles. The predicted octanol–water partition coefficient (Wildman–Crippen LogP) is 4.34. The molecule has 220 valence electrons. The van der Waals surface area contributed by atoms with Gasteiger partial charge in [-0.2, -0.15) is 4.31 Å². The SMILES string of the molecule is COc1ccc(S(=O)(=O)N(CC(=O)N(Cc2ccc(F)cc2)Cc2coc3ccccc3c2=O)CC2CCCO2)cc1. The highest BCUT2D eigenvalue weighted by molar-refractivity contribution is 7.89. The minimum Gasteiger partial charge on any atom is -0.497 e. The third kappa shape index (κ3) is 6.70. The summed E-state index contributed by atoms with van der Waals surface area (Å²) in [5, 5.41) is 0.367. The van der Waals surface area contributed by atoms with Crippen LogP contribution < -0.4 is 10.2 Å². The molecule has 3 aromatic carbocycles. The molecule has 11 heteroatoms. The number of sulfonamides is 1. The molecule has 1 unspecified atom stereocenters. The van der Waals surface area contributed by atoms with Crippen LogP contribution in [0.15, 0.2) is 93.2 Å². The zero-order chi connectivity index (χ0) is 29.7. The Kier molecular flexibility index (Phi) is 9.00. The lowest BCUT2D eigenvalue weighted by molar-refractivity contribution is -0.132. The lowest BCUT2D eigenvalue weighted by Crippen LogP contribution is -2.45. The molecule has 1 aliphatic heterocycles. The van der Waals surface area contributed by atoms with E-state index in [-0.39, 0.29) is 41.6 Å². The molecule has 0 saturated carbocycles. The largest absolute Gasteiger partial charge is 0.497 e. The molecule has 1 aliphatic rings. The van der Waals surface area contributed by atoms with E-state index in [0.717, 1.165) is 10.7 Å². The van der Waals surface area contributed by atoms with Gasteiger partial charge in [0.1, 0.15) is 17.1 Å². The third-order valence-corrected chi connectivity index (χ3v) is 9.02. The molecule has 2 heterocycles. The van der Waals surface area contributed by atoms with Crippen molar-refractivity contribution in [3.8, 4) is 5.75 Å². The van der Waals surface area contributed by atoms with Gasteiger partial charge in [0.05, 0.1) is 48.4 Å². The summed E-state index contributed by atoms with van der Waals surface area (Å²) in [6.07, 6.45) is 2.42. The topological polar surface area (TPSA) is 106 Å². The van der Waals surface area contributed by atoms with Crippen LogP contribution in [-0.2, 0) is 32.6 Å². The fourth-order valence-corrected chi connectivity index (χ4v) is 6.31. The molecule has 1 atom stereocenters. The van der Waals surface area contributed by atoms with E-state index >= 15 is 0 Å². The van der Waals surface area contributed by atoms with Crippen LogP contribution in [0.25, 0.3) is 11.0 Å². The van der Waals surface area contributed by atoms with Crippen LogP contribution in [0.3, 0.4) is 0 Å². The number of fused-ring (bicyclic) bond motifs is 1. The standard InChI is InChI=1S/C31H31FN2O7S/c1-39-25-12-14-27(15-13-25)42(37,38)34(19-26-5-4-16-40-26)20-30(35)33(17-22-8-10-24(32)11-9-22)18-23-21-41-29-7-3-2-6-28(29)31(23)36/h2-3,6-15,21,26H,4-5,16-20H2,1H3. The molecule has 0 spiro atoms. The Bertz CT molecular complexity index is 1700. The highest BCUT2D eigenvalue weighted by Gasteiger charge is 2.32. The maximum absolute atomic E-state index is 13.9. The zero-order valence-corrected chi connectivity index (χ0v) is 23.9. The molecule has 1 fully saturated rings. The molecule has 0 aliphatic carbocycles. The van der Waals surface area contributed by atoms with Gasteiger partial charge in [-0.15, -0.1) is 0 Å². The third-order valence-electron chi connectivity index (χ3n) is 7.19. The number of hydrogen-bond donors (Lipinski definition) is 0. The van der Waals surface area contributed by atoms with Gasteiger partial charge in [0.2, 0.25) is 15.9 Å². The number of benzene rings is 3. The summed E-state index contributed by atoms with van der Waals surface area (Å²) in [6.45, 7) is -0.109. The fraction of sp³-hybridized carbons (Fsp3) is 0.290. The van der Waals surface area contributed by atoms with E-state index in [2.05, 4.69) is 0 Å². The molecule has 0 radical (unpaired) electrons. The van der Waals surface area contributed by atoms with E-state index in [9.17, 15) is 22.4 Å². The van der Waals surface area contributed by atoms with Crippen molar-refractivity contribution in [3.05, 3.63) is 106 Å². The van der Waals surface area contributed by atoms with Crippen molar-refractivity contribution in [1.29, 1.82) is 0 Å². The monoisotopic (exact) mass is 594 g/mol. The number of hydrogen-bond acceptors (Lipinski definition) is 7. The number of carbonyl (C=O) groups is 1. The summed E-state index contributed by atoms with van der Waals surface area (Å²) >= 11 is 0. The lowest BCUT2D eigenvalue weighted by Gasteiger charge is -2.28. The van der Waals surface area contributed by atoms with Gasteiger partial charge in [-0.3, -0.25) is 9.59 Å². The Morgan fingerprint density at radius 2 is 1.76 bits per heavy atom. The first-order valence-corrected chi connectivity index (χ1v) is 15.0.